The van der Waals surface area contributed by atoms with Gasteiger partial charge in [0.25, 0.3) is 0 Å². The Balaban J connectivity index is 2.77. The maximum absolute atomic E-state index is 12.9. The topological polar surface area (TPSA) is 81.0 Å². The van der Waals surface area contributed by atoms with Crippen LogP contribution in [0.1, 0.15) is 21.6 Å². The number of nitriles is 1. The summed E-state index contributed by atoms with van der Waals surface area (Å²) in [7, 11) is 1.08. The lowest BCUT2D eigenvalue weighted by Crippen LogP contribution is -2.12. The number of alkyl halides is 3. The van der Waals surface area contributed by atoms with Crippen LogP contribution in [0.2, 0.25) is 5.02 Å². The highest BCUT2D eigenvalue weighted by Crippen LogP contribution is 2.35. The molecule has 0 saturated carbocycles. The van der Waals surface area contributed by atoms with Gasteiger partial charge in [-0.05, 0) is 18.2 Å². The van der Waals surface area contributed by atoms with Gasteiger partial charge in [-0.3, -0.25) is 0 Å². The van der Waals surface area contributed by atoms with Gasteiger partial charge in [0.1, 0.15) is 6.07 Å². The lowest BCUT2D eigenvalue weighted by atomic mass is 10.2. The van der Waals surface area contributed by atoms with E-state index in [9.17, 15) is 18.0 Å². The number of carbonyl (C=O) groups is 1. The van der Waals surface area contributed by atoms with Crippen LogP contribution >= 0.6 is 11.6 Å². The summed E-state index contributed by atoms with van der Waals surface area (Å²) >= 11 is 5.94. The van der Waals surface area contributed by atoms with Crippen LogP contribution in [0.5, 0.6) is 0 Å². The number of benzene rings is 1. The van der Waals surface area contributed by atoms with Gasteiger partial charge in [0, 0.05) is 6.20 Å². The number of nitrogen functional groups attached to an aromatic ring is 1. The standard InChI is InChI=1S/C14H9ClF3N3O2/c1-23-13(22)12-11(20)7(5-19)6-21(12)10-4-8(14(16,17)18)2-3-9(10)15/h2-4,6H,20H2,1H3. The average molecular weight is 344 g/mol. The molecule has 0 saturated heterocycles. The minimum Gasteiger partial charge on any atom is -0.464 e. The van der Waals surface area contributed by atoms with Crippen LogP contribution in [0.4, 0.5) is 18.9 Å². The first-order valence-electron chi connectivity index (χ1n) is 6.07. The normalized spacial score (nSPS) is 11.1. The van der Waals surface area contributed by atoms with E-state index >= 15 is 0 Å². The van der Waals surface area contributed by atoms with Crippen molar-refractivity contribution in [3.63, 3.8) is 0 Å². The number of halogens is 4. The molecule has 2 N–H and O–H groups in total. The van der Waals surface area contributed by atoms with E-state index < -0.39 is 17.7 Å². The number of hydrogen-bond acceptors (Lipinski definition) is 4. The van der Waals surface area contributed by atoms with Crippen molar-refractivity contribution in [3.8, 4) is 11.8 Å². The zero-order valence-corrected chi connectivity index (χ0v) is 12.4. The van der Waals surface area contributed by atoms with Crippen LogP contribution in [-0.4, -0.2) is 17.6 Å². The summed E-state index contributed by atoms with van der Waals surface area (Å²) < 4.78 is 44.2. The van der Waals surface area contributed by atoms with Crippen molar-refractivity contribution < 1.29 is 22.7 Å². The molecule has 0 unspecified atom stereocenters. The molecule has 2 rings (SSSR count). The molecule has 5 nitrogen and oxygen atoms in total. The van der Waals surface area contributed by atoms with Crippen molar-refractivity contribution in [2.45, 2.75) is 6.18 Å². The molecule has 0 aliphatic heterocycles. The highest BCUT2D eigenvalue weighted by molar-refractivity contribution is 6.32. The van der Waals surface area contributed by atoms with Crippen molar-refractivity contribution in [3.05, 3.63) is 46.2 Å². The third-order valence-corrected chi connectivity index (χ3v) is 3.40. The first-order chi connectivity index (χ1) is 10.7. The van der Waals surface area contributed by atoms with Gasteiger partial charge >= 0.3 is 12.1 Å². The van der Waals surface area contributed by atoms with E-state index in [2.05, 4.69) is 4.74 Å². The Kier molecular flexibility index (Phi) is 4.25. The predicted molar refractivity (Wildman–Crippen MR) is 76.2 cm³/mol. The predicted octanol–water partition coefficient (Wildman–Crippen LogP) is 3.39. The molecule has 0 bridgehead atoms. The molecule has 23 heavy (non-hydrogen) atoms. The van der Waals surface area contributed by atoms with Gasteiger partial charge in [-0.2, -0.15) is 18.4 Å². The Morgan fingerprint density at radius 1 is 1.43 bits per heavy atom. The third-order valence-electron chi connectivity index (χ3n) is 3.08. The minimum atomic E-state index is -4.60. The van der Waals surface area contributed by atoms with Crippen molar-refractivity contribution >= 4 is 23.3 Å². The van der Waals surface area contributed by atoms with Crippen LogP contribution in [0.3, 0.4) is 0 Å². The highest BCUT2D eigenvalue weighted by Gasteiger charge is 2.32. The zero-order chi connectivity index (χ0) is 17.4. The molecule has 0 radical (unpaired) electrons. The van der Waals surface area contributed by atoms with E-state index in [4.69, 9.17) is 22.6 Å². The lowest BCUT2D eigenvalue weighted by Gasteiger charge is -2.13. The first kappa shape index (κ1) is 16.7. The number of hydrogen-bond donors (Lipinski definition) is 1. The van der Waals surface area contributed by atoms with Gasteiger partial charge in [0.05, 0.1) is 34.6 Å². The number of esters is 1. The SMILES string of the molecule is COC(=O)c1c(N)c(C#N)cn1-c1cc(C(F)(F)F)ccc1Cl. The number of nitrogens with zero attached hydrogens (tertiary/aromatic N) is 2. The van der Waals surface area contributed by atoms with Gasteiger partial charge in [0.2, 0.25) is 0 Å². The smallest absolute Gasteiger partial charge is 0.416 e. The molecule has 9 heteroatoms. The Morgan fingerprint density at radius 2 is 2.09 bits per heavy atom. The molecule has 2 aromatic rings. The summed E-state index contributed by atoms with van der Waals surface area (Å²) in [4.78, 5) is 11.9. The molecule has 0 atom stereocenters. The van der Waals surface area contributed by atoms with Crippen LogP contribution in [0, 0.1) is 11.3 Å². The molecule has 0 aliphatic carbocycles. The third kappa shape index (κ3) is 2.96. The number of nitrogens with two attached hydrogens (primary N) is 1. The van der Waals surface area contributed by atoms with Crippen LogP contribution < -0.4 is 5.73 Å². The summed E-state index contributed by atoms with van der Waals surface area (Å²) in [5, 5.41) is 8.95. The number of aromatic nitrogens is 1. The van der Waals surface area contributed by atoms with Crippen LogP contribution in [0.15, 0.2) is 24.4 Å². The van der Waals surface area contributed by atoms with Crippen molar-refractivity contribution in [2.24, 2.45) is 0 Å². The summed E-state index contributed by atoms with van der Waals surface area (Å²) in [6, 6.07) is 4.36. The van der Waals surface area contributed by atoms with Gasteiger partial charge < -0.3 is 15.0 Å². The molecule has 0 fully saturated rings. The first-order valence-corrected chi connectivity index (χ1v) is 6.44. The highest BCUT2D eigenvalue weighted by atomic mass is 35.5. The van der Waals surface area contributed by atoms with Crippen LogP contribution in [0.25, 0.3) is 5.69 Å². The maximum Gasteiger partial charge on any atom is 0.416 e. The van der Waals surface area contributed by atoms with Gasteiger partial charge in [-0.1, -0.05) is 11.6 Å². The molecule has 1 aromatic carbocycles. The van der Waals surface area contributed by atoms with Gasteiger partial charge in [-0.15, -0.1) is 0 Å². The fraction of sp³-hybridized carbons (Fsp3) is 0.143. The Morgan fingerprint density at radius 3 is 2.61 bits per heavy atom. The Hall–Kier alpha value is -2.66. The Labute approximate surface area is 133 Å². The summed E-state index contributed by atoms with van der Waals surface area (Å²) in [6.07, 6.45) is -3.47. The zero-order valence-electron chi connectivity index (χ0n) is 11.6. The Bertz CT molecular complexity index is 822. The largest absolute Gasteiger partial charge is 0.464 e. The van der Waals surface area contributed by atoms with Crippen molar-refractivity contribution in [1.82, 2.24) is 4.57 Å². The lowest BCUT2D eigenvalue weighted by molar-refractivity contribution is -0.137. The van der Waals surface area contributed by atoms with E-state index in [0.717, 1.165) is 36.1 Å². The molecule has 0 aliphatic rings. The molecular formula is C14H9ClF3N3O2. The molecule has 0 spiro atoms. The molecule has 120 valence electrons. The molecule has 0 amide bonds. The van der Waals surface area contributed by atoms with Crippen LogP contribution in [-0.2, 0) is 10.9 Å². The summed E-state index contributed by atoms with van der Waals surface area (Å²) in [6.45, 7) is 0. The fourth-order valence-electron chi connectivity index (χ4n) is 1.98. The number of ether oxygens (including phenoxy) is 1. The van der Waals surface area contributed by atoms with Crippen molar-refractivity contribution in [1.29, 1.82) is 5.26 Å². The second kappa shape index (κ2) is 5.85. The summed E-state index contributed by atoms with van der Waals surface area (Å²) in [5.74, 6) is -0.905. The number of methoxy groups -OCH3 is 1. The van der Waals surface area contributed by atoms with Gasteiger partial charge in [-0.25, -0.2) is 4.79 Å². The number of anilines is 1. The minimum absolute atomic E-state index is 0.0531. The second-order valence-corrected chi connectivity index (χ2v) is 4.85. The summed E-state index contributed by atoms with van der Waals surface area (Å²) in [5.41, 5.74) is 4.03. The van der Waals surface area contributed by atoms with Gasteiger partial charge in [0.15, 0.2) is 5.69 Å². The van der Waals surface area contributed by atoms with E-state index in [1.165, 1.54) is 0 Å². The van der Waals surface area contributed by atoms with E-state index in [1.807, 2.05) is 0 Å². The molecule has 1 aromatic heterocycles. The van der Waals surface area contributed by atoms with E-state index in [0.29, 0.717) is 0 Å². The fourth-order valence-corrected chi connectivity index (χ4v) is 2.19. The van der Waals surface area contributed by atoms with E-state index in [1.54, 1.807) is 6.07 Å². The van der Waals surface area contributed by atoms with E-state index in [-0.39, 0.29) is 27.7 Å². The average Bonchev–Trinajstić information content (AvgIpc) is 2.82. The number of rotatable bonds is 2. The molecule has 1 heterocycles. The second-order valence-electron chi connectivity index (χ2n) is 4.44. The monoisotopic (exact) mass is 343 g/mol. The van der Waals surface area contributed by atoms with Crippen molar-refractivity contribution in [2.75, 3.05) is 12.8 Å². The number of carbonyl (C=O) groups excluding carboxylic acids is 1. The molecular weight excluding hydrogens is 335 g/mol. The maximum atomic E-state index is 12.9. The quantitative estimate of drug-likeness (QED) is 0.847.